The number of hydrogen-bond acceptors (Lipinski definition) is 1. The Balaban J connectivity index is 1.61. The van der Waals surface area contributed by atoms with Crippen LogP contribution >= 0.6 is 0 Å². The minimum absolute atomic E-state index is 0.306. The van der Waals surface area contributed by atoms with Crippen molar-refractivity contribution < 1.29 is 0 Å². The van der Waals surface area contributed by atoms with E-state index in [9.17, 15) is 0 Å². The SMILES string of the molecule is Cc1ccc(-c2ncn(C3CCCc4ccccc43)c2-c2c[nH]c3ccccc23)cc1. The van der Waals surface area contributed by atoms with E-state index >= 15 is 0 Å². The molecule has 2 heterocycles. The van der Waals surface area contributed by atoms with Crippen molar-refractivity contribution in [3.8, 4) is 22.5 Å². The fourth-order valence-electron chi connectivity index (χ4n) is 5.07. The molecule has 1 N–H and O–H groups in total. The number of aromatic amines is 1. The van der Waals surface area contributed by atoms with Crippen molar-refractivity contribution in [2.45, 2.75) is 32.2 Å². The highest BCUT2D eigenvalue weighted by Crippen LogP contribution is 2.41. The van der Waals surface area contributed by atoms with Gasteiger partial charge in [0.1, 0.15) is 0 Å². The molecule has 0 bridgehead atoms. The zero-order chi connectivity index (χ0) is 20.8. The maximum atomic E-state index is 4.98. The third-order valence-electron chi connectivity index (χ3n) is 6.64. The highest BCUT2D eigenvalue weighted by atomic mass is 15.1. The molecule has 0 amide bonds. The fraction of sp³-hybridized carbons (Fsp3) is 0.179. The zero-order valence-corrected chi connectivity index (χ0v) is 17.7. The van der Waals surface area contributed by atoms with Gasteiger partial charge in [-0.3, -0.25) is 0 Å². The quantitative estimate of drug-likeness (QED) is 0.348. The van der Waals surface area contributed by atoms with Crippen molar-refractivity contribution in [1.82, 2.24) is 14.5 Å². The molecule has 2 aromatic heterocycles. The van der Waals surface area contributed by atoms with Gasteiger partial charge in [-0.15, -0.1) is 0 Å². The van der Waals surface area contributed by atoms with E-state index in [-0.39, 0.29) is 0 Å². The van der Waals surface area contributed by atoms with E-state index in [1.807, 2.05) is 0 Å². The number of fused-ring (bicyclic) bond motifs is 2. The second kappa shape index (κ2) is 7.28. The molecule has 3 nitrogen and oxygen atoms in total. The first kappa shape index (κ1) is 18.2. The molecule has 6 rings (SSSR count). The van der Waals surface area contributed by atoms with Crippen LogP contribution < -0.4 is 0 Å². The van der Waals surface area contributed by atoms with Gasteiger partial charge >= 0.3 is 0 Å². The number of H-pyrrole nitrogens is 1. The lowest BCUT2D eigenvalue weighted by Gasteiger charge is -2.28. The first-order valence-corrected chi connectivity index (χ1v) is 11.1. The minimum atomic E-state index is 0.306. The number of aryl methyl sites for hydroxylation is 2. The van der Waals surface area contributed by atoms with Gasteiger partial charge in [0.25, 0.3) is 0 Å². The normalized spacial score (nSPS) is 15.8. The molecule has 1 unspecified atom stereocenters. The summed E-state index contributed by atoms with van der Waals surface area (Å²) in [5, 5.41) is 1.24. The van der Waals surface area contributed by atoms with Crippen LogP contribution in [0.2, 0.25) is 0 Å². The summed E-state index contributed by atoms with van der Waals surface area (Å²) in [6.45, 7) is 2.13. The first-order chi connectivity index (χ1) is 15.3. The molecule has 0 saturated carbocycles. The van der Waals surface area contributed by atoms with E-state index in [0.29, 0.717) is 6.04 Å². The van der Waals surface area contributed by atoms with Crippen LogP contribution in [0.3, 0.4) is 0 Å². The molecule has 1 aliphatic rings. The number of rotatable bonds is 3. The fourth-order valence-corrected chi connectivity index (χ4v) is 5.07. The minimum Gasteiger partial charge on any atom is -0.360 e. The van der Waals surface area contributed by atoms with Gasteiger partial charge < -0.3 is 9.55 Å². The smallest absolute Gasteiger partial charge is 0.0964 e. The number of para-hydroxylation sites is 1. The standard InChI is InChI=1S/C28H25N3/c1-19-13-15-21(16-14-19)27-28(24-17-29-25-11-5-4-10-23(24)25)31(18-30-27)26-12-6-8-20-7-2-3-9-22(20)26/h2-5,7,9-11,13-18,26,29H,6,8,12H2,1H3. The summed E-state index contributed by atoms with van der Waals surface area (Å²) >= 11 is 0. The molecule has 0 aliphatic heterocycles. The summed E-state index contributed by atoms with van der Waals surface area (Å²) in [6, 6.07) is 26.5. The highest BCUT2D eigenvalue weighted by Gasteiger charge is 2.27. The van der Waals surface area contributed by atoms with Crippen molar-refractivity contribution in [1.29, 1.82) is 0 Å². The highest BCUT2D eigenvalue weighted by molar-refractivity contribution is 5.98. The molecule has 31 heavy (non-hydrogen) atoms. The lowest BCUT2D eigenvalue weighted by Crippen LogP contribution is -2.17. The molecule has 0 radical (unpaired) electrons. The average Bonchev–Trinajstić information content (AvgIpc) is 3.43. The van der Waals surface area contributed by atoms with Crippen LogP contribution in [0.15, 0.2) is 85.3 Å². The number of aromatic nitrogens is 3. The number of nitrogens with one attached hydrogen (secondary N) is 1. The molecule has 0 spiro atoms. The number of benzene rings is 3. The van der Waals surface area contributed by atoms with E-state index in [1.165, 1.54) is 39.8 Å². The van der Waals surface area contributed by atoms with Crippen LogP contribution in [0.4, 0.5) is 0 Å². The van der Waals surface area contributed by atoms with E-state index in [4.69, 9.17) is 4.98 Å². The van der Waals surface area contributed by atoms with Crippen molar-refractivity contribution in [2.75, 3.05) is 0 Å². The molecule has 1 aliphatic carbocycles. The Labute approximate surface area is 182 Å². The van der Waals surface area contributed by atoms with Gasteiger partial charge in [-0.2, -0.15) is 0 Å². The van der Waals surface area contributed by atoms with Crippen LogP contribution in [-0.4, -0.2) is 14.5 Å². The third-order valence-corrected chi connectivity index (χ3v) is 6.64. The lowest BCUT2D eigenvalue weighted by atomic mass is 9.87. The van der Waals surface area contributed by atoms with E-state index in [0.717, 1.165) is 29.6 Å². The summed E-state index contributed by atoms with van der Waals surface area (Å²) in [6.07, 6.45) is 7.70. The van der Waals surface area contributed by atoms with Crippen LogP contribution in [0.25, 0.3) is 33.4 Å². The Morgan fingerprint density at radius 3 is 2.65 bits per heavy atom. The molecule has 0 fully saturated rings. The molecule has 3 aromatic carbocycles. The van der Waals surface area contributed by atoms with E-state index < -0.39 is 0 Å². The molecule has 3 heteroatoms. The van der Waals surface area contributed by atoms with E-state index in [1.54, 1.807) is 0 Å². The maximum absolute atomic E-state index is 4.98. The second-order valence-electron chi connectivity index (χ2n) is 8.57. The summed E-state index contributed by atoms with van der Waals surface area (Å²) in [5.74, 6) is 0. The molecule has 0 saturated heterocycles. The Morgan fingerprint density at radius 1 is 0.935 bits per heavy atom. The molecular weight excluding hydrogens is 378 g/mol. The van der Waals surface area contributed by atoms with E-state index in [2.05, 4.69) is 102 Å². The average molecular weight is 404 g/mol. The maximum Gasteiger partial charge on any atom is 0.0964 e. The van der Waals surface area contributed by atoms with Crippen LogP contribution in [0.5, 0.6) is 0 Å². The van der Waals surface area contributed by atoms with Gasteiger partial charge in [-0.25, -0.2) is 4.98 Å². The van der Waals surface area contributed by atoms with Crippen molar-refractivity contribution in [3.63, 3.8) is 0 Å². The van der Waals surface area contributed by atoms with Crippen molar-refractivity contribution in [3.05, 3.63) is 102 Å². The van der Waals surface area contributed by atoms with Crippen molar-refractivity contribution >= 4 is 10.9 Å². The predicted molar refractivity (Wildman–Crippen MR) is 127 cm³/mol. The summed E-state index contributed by atoms with van der Waals surface area (Å²) < 4.78 is 2.42. The van der Waals surface area contributed by atoms with Gasteiger partial charge in [0, 0.05) is 28.2 Å². The number of hydrogen-bond donors (Lipinski definition) is 1. The van der Waals surface area contributed by atoms with Crippen LogP contribution in [0.1, 0.15) is 35.6 Å². The predicted octanol–water partition coefficient (Wildman–Crippen LogP) is 6.93. The summed E-state index contributed by atoms with van der Waals surface area (Å²) in [4.78, 5) is 8.45. The molecular formula is C28H25N3. The third kappa shape index (κ3) is 3.00. The Hall–Kier alpha value is -3.59. The topological polar surface area (TPSA) is 33.6 Å². The molecule has 152 valence electrons. The second-order valence-corrected chi connectivity index (χ2v) is 8.57. The van der Waals surface area contributed by atoms with Gasteiger partial charge in [-0.1, -0.05) is 72.3 Å². The monoisotopic (exact) mass is 403 g/mol. The first-order valence-electron chi connectivity index (χ1n) is 11.1. The molecule has 1 atom stereocenters. The van der Waals surface area contributed by atoms with Gasteiger partial charge in [-0.05, 0) is 43.4 Å². The number of imidazole rings is 1. The Bertz CT molecular complexity index is 1370. The van der Waals surface area contributed by atoms with Crippen LogP contribution in [0, 0.1) is 6.92 Å². The largest absolute Gasteiger partial charge is 0.360 e. The zero-order valence-electron chi connectivity index (χ0n) is 17.7. The van der Waals surface area contributed by atoms with Crippen LogP contribution in [-0.2, 0) is 6.42 Å². The van der Waals surface area contributed by atoms with Crippen molar-refractivity contribution in [2.24, 2.45) is 0 Å². The summed E-state index contributed by atoms with van der Waals surface area (Å²) in [5.41, 5.74) is 9.94. The lowest BCUT2D eigenvalue weighted by molar-refractivity contribution is 0.493. The number of nitrogens with zero attached hydrogens (tertiary/aromatic N) is 2. The summed E-state index contributed by atoms with van der Waals surface area (Å²) in [7, 11) is 0. The van der Waals surface area contributed by atoms with Gasteiger partial charge in [0.15, 0.2) is 0 Å². The van der Waals surface area contributed by atoms with Gasteiger partial charge in [0.05, 0.1) is 23.8 Å². The Morgan fingerprint density at radius 2 is 1.74 bits per heavy atom. The van der Waals surface area contributed by atoms with Gasteiger partial charge in [0.2, 0.25) is 0 Å². The Kier molecular flexibility index (Phi) is 4.27. The molecule has 5 aromatic rings.